The maximum atomic E-state index is 5.92. The molecule has 0 bridgehead atoms. The number of halogens is 1. The van der Waals surface area contributed by atoms with Crippen molar-refractivity contribution in [1.29, 1.82) is 0 Å². The predicted octanol–water partition coefficient (Wildman–Crippen LogP) is 3.83. The van der Waals surface area contributed by atoms with Crippen LogP contribution >= 0.6 is 15.9 Å². The highest BCUT2D eigenvalue weighted by atomic mass is 79.9. The number of pyridine rings is 1. The lowest BCUT2D eigenvalue weighted by molar-refractivity contribution is 0.304. The molecular formula is C15H17BrN2O. The van der Waals surface area contributed by atoms with Crippen LogP contribution in [0.15, 0.2) is 47.1 Å². The minimum atomic E-state index is -0.00248. The van der Waals surface area contributed by atoms with Crippen LogP contribution in [0.25, 0.3) is 0 Å². The van der Waals surface area contributed by atoms with Crippen LogP contribution in [0.4, 0.5) is 0 Å². The Bertz CT molecular complexity index is 528. The lowest BCUT2D eigenvalue weighted by atomic mass is 10.1. The van der Waals surface area contributed by atoms with Gasteiger partial charge < -0.3 is 10.5 Å². The molecule has 0 spiro atoms. The van der Waals surface area contributed by atoms with Gasteiger partial charge in [-0.15, -0.1) is 0 Å². The molecule has 3 nitrogen and oxygen atoms in total. The smallest absolute Gasteiger partial charge is 0.138 e. The molecule has 1 unspecified atom stereocenters. The molecule has 19 heavy (non-hydrogen) atoms. The van der Waals surface area contributed by atoms with Crippen LogP contribution in [0.2, 0.25) is 0 Å². The lowest BCUT2D eigenvalue weighted by Gasteiger charge is -2.10. The fourth-order valence-electron chi connectivity index (χ4n) is 1.68. The van der Waals surface area contributed by atoms with E-state index in [4.69, 9.17) is 10.5 Å². The maximum Gasteiger partial charge on any atom is 0.138 e. The van der Waals surface area contributed by atoms with Gasteiger partial charge in [0.25, 0.3) is 0 Å². The Hall–Kier alpha value is -1.39. The van der Waals surface area contributed by atoms with Gasteiger partial charge in [0, 0.05) is 16.1 Å². The van der Waals surface area contributed by atoms with Crippen molar-refractivity contribution in [3.63, 3.8) is 0 Å². The summed E-state index contributed by atoms with van der Waals surface area (Å²) in [6.45, 7) is 2.56. The molecule has 2 aromatic rings. The number of benzene rings is 1. The third-order valence-corrected chi connectivity index (χ3v) is 3.70. The Morgan fingerprint density at radius 2 is 2.05 bits per heavy atom. The van der Waals surface area contributed by atoms with Crippen LogP contribution < -0.4 is 10.5 Å². The number of hydrogen-bond acceptors (Lipinski definition) is 3. The third kappa shape index (κ3) is 3.78. The molecule has 1 heterocycles. The maximum absolute atomic E-state index is 5.92. The molecule has 0 amide bonds. The first-order chi connectivity index (χ1) is 9.20. The summed E-state index contributed by atoms with van der Waals surface area (Å²) in [4.78, 5) is 4.32. The van der Waals surface area contributed by atoms with Crippen LogP contribution in [0.3, 0.4) is 0 Å². The Balaban J connectivity index is 1.99. The zero-order chi connectivity index (χ0) is 13.7. The van der Waals surface area contributed by atoms with E-state index in [1.165, 1.54) is 0 Å². The van der Waals surface area contributed by atoms with E-state index in [-0.39, 0.29) is 6.04 Å². The van der Waals surface area contributed by atoms with Crippen molar-refractivity contribution in [1.82, 2.24) is 4.98 Å². The predicted molar refractivity (Wildman–Crippen MR) is 79.9 cm³/mol. The van der Waals surface area contributed by atoms with E-state index in [1.54, 1.807) is 6.20 Å². The summed E-state index contributed by atoms with van der Waals surface area (Å²) in [5.74, 6) is 0.753. The van der Waals surface area contributed by atoms with Crippen LogP contribution in [0.5, 0.6) is 5.75 Å². The molecule has 1 aromatic carbocycles. The average Bonchev–Trinajstić information content (AvgIpc) is 2.46. The fourth-order valence-corrected chi connectivity index (χ4v) is 2.08. The number of hydrogen-bond donors (Lipinski definition) is 1. The summed E-state index contributed by atoms with van der Waals surface area (Å²) in [7, 11) is 0. The number of nitrogens with zero attached hydrogens (tertiary/aromatic N) is 1. The van der Waals surface area contributed by atoms with Crippen LogP contribution in [0.1, 0.15) is 30.6 Å². The van der Waals surface area contributed by atoms with E-state index >= 15 is 0 Å². The third-order valence-electron chi connectivity index (χ3n) is 2.93. The molecule has 0 aliphatic carbocycles. The molecule has 0 radical (unpaired) electrons. The molecule has 100 valence electrons. The summed E-state index contributed by atoms with van der Waals surface area (Å²) in [6.07, 6.45) is 2.60. The molecule has 0 aliphatic rings. The normalized spacial score (nSPS) is 12.2. The van der Waals surface area contributed by atoms with Gasteiger partial charge in [0.2, 0.25) is 0 Å². The van der Waals surface area contributed by atoms with Gasteiger partial charge in [-0.3, -0.25) is 4.98 Å². The van der Waals surface area contributed by atoms with Gasteiger partial charge in [0.1, 0.15) is 12.4 Å². The summed E-state index contributed by atoms with van der Waals surface area (Å²) in [5, 5.41) is 0. The highest BCUT2D eigenvalue weighted by Gasteiger charge is 2.05. The first-order valence-corrected chi connectivity index (χ1v) is 7.07. The molecule has 4 heteroatoms. The zero-order valence-corrected chi connectivity index (χ0v) is 12.4. The fraction of sp³-hybridized carbons (Fsp3) is 0.267. The number of nitrogens with two attached hydrogens (primary N) is 1. The molecule has 2 N–H and O–H groups in total. The molecule has 1 aromatic heterocycles. The summed E-state index contributed by atoms with van der Waals surface area (Å²) < 4.78 is 6.76. The zero-order valence-electron chi connectivity index (χ0n) is 10.8. The van der Waals surface area contributed by atoms with Crippen LogP contribution in [-0.4, -0.2) is 4.98 Å². The minimum Gasteiger partial charge on any atom is -0.487 e. The van der Waals surface area contributed by atoms with Gasteiger partial charge in [-0.2, -0.15) is 0 Å². The average molecular weight is 321 g/mol. The second-order valence-electron chi connectivity index (χ2n) is 4.31. The summed E-state index contributed by atoms with van der Waals surface area (Å²) >= 11 is 3.50. The molecule has 0 saturated carbocycles. The van der Waals surface area contributed by atoms with E-state index in [2.05, 4.69) is 20.9 Å². The Morgan fingerprint density at radius 3 is 2.68 bits per heavy atom. The van der Waals surface area contributed by atoms with Crippen molar-refractivity contribution in [2.75, 3.05) is 0 Å². The van der Waals surface area contributed by atoms with Crippen molar-refractivity contribution < 1.29 is 4.74 Å². The van der Waals surface area contributed by atoms with Crippen LogP contribution in [0, 0.1) is 0 Å². The number of rotatable bonds is 5. The topological polar surface area (TPSA) is 48.1 Å². The van der Waals surface area contributed by atoms with Crippen molar-refractivity contribution in [2.45, 2.75) is 26.0 Å². The monoisotopic (exact) mass is 320 g/mol. The van der Waals surface area contributed by atoms with E-state index in [0.29, 0.717) is 6.61 Å². The molecule has 0 fully saturated rings. The largest absolute Gasteiger partial charge is 0.487 e. The quantitative estimate of drug-likeness (QED) is 0.910. The molecule has 0 aliphatic heterocycles. The van der Waals surface area contributed by atoms with Crippen LogP contribution in [-0.2, 0) is 6.61 Å². The minimum absolute atomic E-state index is 0.00248. The van der Waals surface area contributed by atoms with Gasteiger partial charge in [-0.1, -0.05) is 41.1 Å². The van der Waals surface area contributed by atoms with E-state index < -0.39 is 0 Å². The summed E-state index contributed by atoms with van der Waals surface area (Å²) in [6, 6.07) is 11.8. The van der Waals surface area contributed by atoms with Crippen molar-refractivity contribution in [3.8, 4) is 5.75 Å². The van der Waals surface area contributed by atoms with Crippen molar-refractivity contribution >= 4 is 15.9 Å². The highest BCUT2D eigenvalue weighted by molar-refractivity contribution is 9.10. The van der Waals surface area contributed by atoms with Gasteiger partial charge in [0.15, 0.2) is 0 Å². The molecule has 2 rings (SSSR count). The molecule has 1 atom stereocenters. The van der Waals surface area contributed by atoms with Crippen molar-refractivity contribution in [3.05, 3.63) is 58.3 Å². The summed E-state index contributed by atoms with van der Waals surface area (Å²) in [5.41, 5.74) is 7.93. The van der Waals surface area contributed by atoms with Gasteiger partial charge >= 0.3 is 0 Å². The molecule has 0 saturated heterocycles. The standard InChI is InChI=1S/C15H17BrN2O/c1-2-14(17)15-8-7-12(9-18-15)19-10-11-5-3-4-6-13(11)16/h3-9,14H,2,10,17H2,1H3. The number of aromatic nitrogens is 1. The Morgan fingerprint density at radius 1 is 1.26 bits per heavy atom. The van der Waals surface area contributed by atoms with E-state index in [0.717, 1.165) is 27.9 Å². The SMILES string of the molecule is CCC(N)c1ccc(OCc2ccccc2Br)cn1. The molecular weight excluding hydrogens is 304 g/mol. The van der Waals surface area contributed by atoms with Gasteiger partial charge in [0.05, 0.1) is 11.9 Å². The number of ether oxygens (including phenoxy) is 1. The second kappa shape index (κ2) is 6.68. The van der Waals surface area contributed by atoms with E-state index in [1.807, 2.05) is 43.3 Å². The second-order valence-corrected chi connectivity index (χ2v) is 5.17. The van der Waals surface area contributed by atoms with Crippen molar-refractivity contribution in [2.24, 2.45) is 5.73 Å². The van der Waals surface area contributed by atoms with Gasteiger partial charge in [-0.05, 0) is 24.6 Å². The first-order valence-electron chi connectivity index (χ1n) is 6.28. The first kappa shape index (κ1) is 14.0. The van der Waals surface area contributed by atoms with E-state index in [9.17, 15) is 0 Å². The lowest BCUT2D eigenvalue weighted by Crippen LogP contribution is -2.10. The Labute approximate surface area is 121 Å². The Kier molecular flexibility index (Phi) is 4.93. The van der Waals surface area contributed by atoms with Gasteiger partial charge in [-0.25, -0.2) is 0 Å². The highest BCUT2D eigenvalue weighted by Crippen LogP contribution is 2.19.